The minimum atomic E-state index is -0.477. The van der Waals surface area contributed by atoms with Gasteiger partial charge in [-0.3, -0.25) is 19.3 Å². The molecule has 6 nitrogen and oxygen atoms in total. The molecule has 114 valence electrons. The van der Waals surface area contributed by atoms with E-state index in [-0.39, 0.29) is 30.2 Å². The molecular formula is C14H25N3O3. The van der Waals surface area contributed by atoms with Gasteiger partial charge in [0.05, 0.1) is 12.5 Å². The van der Waals surface area contributed by atoms with Crippen LogP contribution in [0.4, 0.5) is 0 Å². The summed E-state index contributed by atoms with van der Waals surface area (Å²) in [6.45, 7) is 9.33. The summed E-state index contributed by atoms with van der Waals surface area (Å²) in [5.41, 5.74) is 0. The van der Waals surface area contributed by atoms with Gasteiger partial charge in [0.1, 0.15) is 0 Å². The Morgan fingerprint density at radius 1 is 1.35 bits per heavy atom. The van der Waals surface area contributed by atoms with Crippen molar-refractivity contribution in [2.75, 3.05) is 19.6 Å². The normalized spacial score (nSPS) is 19.1. The van der Waals surface area contributed by atoms with Crippen molar-refractivity contribution in [3.63, 3.8) is 0 Å². The number of nitrogens with zero attached hydrogens (tertiary/aromatic N) is 2. The topological polar surface area (TPSA) is 69.7 Å². The largest absolute Gasteiger partial charge is 0.343 e. The predicted octanol–water partition coefficient (Wildman–Crippen LogP) is 0.370. The van der Waals surface area contributed by atoms with E-state index in [0.717, 1.165) is 0 Å². The van der Waals surface area contributed by atoms with E-state index in [1.807, 2.05) is 27.7 Å². The van der Waals surface area contributed by atoms with Crippen molar-refractivity contribution >= 4 is 17.7 Å². The van der Waals surface area contributed by atoms with Gasteiger partial charge in [-0.15, -0.1) is 0 Å². The third kappa shape index (κ3) is 3.79. The molecule has 0 spiro atoms. The van der Waals surface area contributed by atoms with Crippen LogP contribution in [0.25, 0.3) is 0 Å². The Morgan fingerprint density at radius 2 is 1.95 bits per heavy atom. The number of imide groups is 1. The summed E-state index contributed by atoms with van der Waals surface area (Å²) in [7, 11) is 0. The summed E-state index contributed by atoms with van der Waals surface area (Å²) in [4.78, 5) is 38.6. The van der Waals surface area contributed by atoms with Gasteiger partial charge < -0.3 is 10.2 Å². The number of hydrogen-bond acceptors (Lipinski definition) is 4. The second-order valence-corrected chi connectivity index (χ2v) is 5.22. The summed E-state index contributed by atoms with van der Waals surface area (Å²) in [5, 5.41) is 3.02. The Balaban J connectivity index is 2.42. The SMILES string of the molecule is CCN(CC)C(=O)CCNC1CC(=O)N(C(C)C)C1=O. The second-order valence-electron chi connectivity index (χ2n) is 5.22. The number of carbonyl (C=O) groups excluding carboxylic acids is 3. The molecule has 1 heterocycles. The van der Waals surface area contributed by atoms with E-state index in [2.05, 4.69) is 5.32 Å². The molecule has 1 rings (SSSR count). The van der Waals surface area contributed by atoms with Crippen LogP contribution in [0.2, 0.25) is 0 Å². The Bertz CT molecular complexity index is 378. The lowest BCUT2D eigenvalue weighted by Crippen LogP contribution is -2.43. The van der Waals surface area contributed by atoms with Crippen molar-refractivity contribution in [2.24, 2.45) is 0 Å². The van der Waals surface area contributed by atoms with Gasteiger partial charge in [-0.2, -0.15) is 0 Å². The number of likely N-dealkylation sites (tertiary alicyclic amines) is 1. The maximum atomic E-state index is 12.0. The minimum absolute atomic E-state index is 0.0694. The lowest BCUT2D eigenvalue weighted by molar-refractivity contribution is -0.141. The zero-order valence-corrected chi connectivity index (χ0v) is 12.8. The van der Waals surface area contributed by atoms with Crippen LogP contribution in [-0.4, -0.2) is 59.2 Å². The summed E-state index contributed by atoms with van der Waals surface area (Å²) in [6, 6.07) is -0.589. The smallest absolute Gasteiger partial charge is 0.247 e. The van der Waals surface area contributed by atoms with E-state index in [9.17, 15) is 14.4 Å². The van der Waals surface area contributed by atoms with Gasteiger partial charge >= 0.3 is 0 Å². The number of nitrogens with one attached hydrogen (secondary N) is 1. The molecule has 0 bridgehead atoms. The molecule has 0 aliphatic carbocycles. The zero-order valence-electron chi connectivity index (χ0n) is 12.8. The molecule has 0 aromatic rings. The Hall–Kier alpha value is -1.43. The zero-order chi connectivity index (χ0) is 15.3. The summed E-state index contributed by atoms with van der Waals surface area (Å²) in [6.07, 6.45) is 0.539. The maximum absolute atomic E-state index is 12.0. The number of rotatable bonds is 7. The van der Waals surface area contributed by atoms with Crippen molar-refractivity contribution in [3.05, 3.63) is 0 Å². The Kier molecular flexibility index (Phi) is 6.13. The molecule has 0 radical (unpaired) electrons. The molecule has 1 saturated heterocycles. The number of hydrogen-bond donors (Lipinski definition) is 1. The van der Waals surface area contributed by atoms with Gasteiger partial charge in [0.15, 0.2) is 0 Å². The van der Waals surface area contributed by atoms with Crippen LogP contribution in [0.1, 0.15) is 40.5 Å². The highest BCUT2D eigenvalue weighted by Crippen LogP contribution is 2.16. The first-order valence-electron chi connectivity index (χ1n) is 7.29. The summed E-state index contributed by atoms with van der Waals surface area (Å²) in [5.74, 6) is -0.252. The lowest BCUT2D eigenvalue weighted by atomic mass is 10.2. The maximum Gasteiger partial charge on any atom is 0.247 e. The van der Waals surface area contributed by atoms with E-state index < -0.39 is 6.04 Å². The standard InChI is InChI=1S/C14H25N3O3/c1-5-16(6-2)12(18)7-8-15-11-9-13(19)17(10(3)4)14(11)20/h10-11,15H,5-9H2,1-4H3. The Labute approximate surface area is 120 Å². The van der Waals surface area contributed by atoms with Crippen molar-refractivity contribution in [1.29, 1.82) is 0 Å². The average molecular weight is 283 g/mol. The van der Waals surface area contributed by atoms with Crippen LogP contribution in [0.5, 0.6) is 0 Å². The molecule has 6 heteroatoms. The molecule has 0 aromatic carbocycles. The van der Waals surface area contributed by atoms with Crippen LogP contribution < -0.4 is 5.32 Å². The van der Waals surface area contributed by atoms with E-state index in [1.54, 1.807) is 4.90 Å². The molecule has 1 atom stereocenters. The molecule has 1 aliphatic rings. The van der Waals surface area contributed by atoms with Gasteiger partial charge in [-0.25, -0.2) is 0 Å². The summed E-state index contributed by atoms with van der Waals surface area (Å²) >= 11 is 0. The fourth-order valence-electron chi connectivity index (χ4n) is 2.44. The molecule has 0 aromatic heterocycles. The van der Waals surface area contributed by atoms with Crippen molar-refractivity contribution in [2.45, 2.75) is 52.6 Å². The van der Waals surface area contributed by atoms with Crippen LogP contribution in [0, 0.1) is 0 Å². The van der Waals surface area contributed by atoms with Gasteiger partial charge in [0.2, 0.25) is 17.7 Å². The second kappa shape index (κ2) is 7.38. The quantitative estimate of drug-likeness (QED) is 0.685. The number of amides is 3. The Morgan fingerprint density at radius 3 is 2.40 bits per heavy atom. The third-order valence-electron chi connectivity index (χ3n) is 3.55. The highest BCUT2D eigenvalue weighted by atomic mass is 16.2. The molecule has 1 aliphatic heterocycles. The molecule has 1 N–H and O–H groups in total. The predicted molar refractivity (Wildman–Crippen MR) is 75.9 cm³/mol. The highest BCUT2D eigenvalue weighted by molar-refractivity contribution is 6.05. The van der Waals surface area contributed by atoms with Gasteiger partial charge in [0, 0.05) is 32.1 Å². The fraction of sp³-hybridized carbons (Fsp3) is 0.786. The van der Waals surface area contributed by atoms with Crippen LogP contribution in [-0.2, 0) is 14.4 Å². The molecule has 0 saturated carbocycles. The minimum Gasteiger partial charge on any atom is -0.343 e. The van der Waals surface area contributed by atoms with Crippen molar-refractivity contribution in [3.8, 4) is 0 Å². The van der Waals surface area contributed by atoms with E-state index in [1.165, 1.54) is 4.90 Å². The monoisotopic (exact) mass is 283 g/mol. The molecule has 3 amide bonds. The van der Waals surface area contributed by atoms with Crippen molar-refractivity contribution in [1.82, 2.24) is 15.1 Å². The lowest BCUT2D eigenvalue weighted by Gasteiger charge is -2.20. The van der Waals surface area contributed by atoms with Crippen LogP contribution in [0.15, 0.2) is 0 Å². The molecule has 1 fully saturated rings. The van der Waals surface area contributed by atoms with E-state index in [0.29, 0.717) is 26.1 Å². The van der Waals surface area contributed by atoms with Gasteiger partial charge in [0.25, 0.3) is 0 Å². The molecular weight excluding hydrogens is 258 g/mol. The van der Waals surface area contributed by atoms with Gasteiger partial charge in [-0.1, -0.05) is 0 Å². The van der Waals surface area contributed by atoms with Crippen LogP contribution in [0.3, 0.4) is 0 Å². The first-order chi connectivity index (χ1) is 9.42. The first kappa shape index (κ1) is 16.6. The molecule has 20 heavy (non-hydrogen) atoms. The van der Waals surface area contributed by atoms with E-state index in [4.69, 9.17) is 0 Å². The van der Waals surface area contributed by atoms with E-state index >= 15 is 0 Å². The highest BCUT2D eigenvalue weighted by Gasteiger charge is 2.39. The van der Waals surface area contributed by atoms with Crippen molar-refractivity contribution < 1.29 is 14.4 Å². The fourth-order valence-corrected chi connectivity index (χ4v) is 2.44. The summed E-state index contributed by atoms with van der Waals surface area (Å²) < 4.78 is 0. The average Bonchev–Trinajstić information content (AvgIpc) is 2.66. The third-order valence-corrected chi connectivity index (χ3v) is 3.55. The van der Waals surface area contributed by atoms with Crippen LogP contribution >= 0.6 is 0 Å². The van der Waals surface area contributed by atoms with Gasteiger partial charge in [-0.05, 0) is 27.7 Å². The molecule has 1 unspecified atom stereocenters. The first-order valence-corrected chi connectivity index (χ1v) is 7.29. The number of carbonyl (C=O) groups is 3.